The van der Waals surface area contributed by atoms with Gasteiger partial charge in [0, 0.05) is 0 Å². The number of carboxylic acids is 1. The monoisotopic (exact) mass is 197 g/mol. The van der Waals surface area contributed by atoms with Crippen molar-refractivity contribution in [2.75, 3.05) is 13.1 Å². The third kappa shape index (κ3) is 2.58. The van der Waals surface area contributed by atoms with Gasteiger partial charge in [-0.25, -0.2) is 0 Å². The minimum atomic E-state index is -4.43. The first-order chi connectivity index (χ1) is 5.91. The summed E-state index contributed by atoms with van der Waals surface area (Å²) in [6.07, 6.45) is -4.57. The van der Waals surface area contributed by atoms with E-state index in [1.54, 1.807) is 0 Å². The number of alkyl halides is 3. The van der Waals surface area contributed by atoms with E-state index in [0.717, 1.165) is 4.90 Å². The van der Waals surface area contributed by atoms with Crippen molar-refractivity contribution in [3.63, 3.8) is 0 Å². The average Bonchev–Trinajstić information content (AvgIpc) is 1.78. The lowest BCUT2D eigenvalue weighted by molar-refractivity contribution is -0.198. The van der Waals surface area contributed by atoms with Crippen LogP contribution in [0.5, 0.6) is 0 Å². The molecule has 0 aromatic carbocycles. The predicted octanol–water partition coefficient (Wildman–Crippen LogP) is 1.10. The molecule has 76 valence electrons. The maximum atomic E-state index is 12.2. The van der Waals surface area contributed by atoms with Gasteiger partial charge in [0.05, 0.1) is 6.42 Å². The molecule has 1 aliphatic rings. The van der Waals surface area contributed by atoms with Crippen molar-refractivity contribution in [2.45, 2.75) is 25.1 Å². The zero-order chi connectivity index (χ0) is 10.1. The van der Waals surface area contributed by atoms with Gasteiger partial charge in [0.1, 0.15) is 6.04 Å². The van der Waals surface area contributed by atoms with Crippen molar-refractivity contribution in [1.29, 1.82) is 0 Å². The van der Waals surface area contributed by atoms with Gasteiger partial charge in [-0.2, -0.15) is 13.2 Å². The Balaban J connectivity index is 2.58. The first-order valence-corrected chi connectivity index (χ1v) is 3.94. The third-order valence-electron chi connectivity index (χ3n) is 2.08. The number of hydrogen-bond acceptors (Lipinski definition) is 2. The van der Waals surface area contributed by atoms with Gasteiger partial charge in [0.15, 0.2) is 0 Å². The van der Waals surface area contributed by atoms with Crippen LogP contribution in [-0.2, 0) is 4.79 Å². The summed E-state index contributed by atoms with van der Waals surface area (Å²) < 4.78 is 36.7. The molecule has 1 N–H and O–H groups in total. The molecule has 0 bridgehead atoms. The number of carbonyl (C=O) groups is 1. The van der Waals surface area contributed by atoms with E-state index >= 15 is 0 Å². The minimum absolute atomic E-state index is 0.345. The Labute approximate surface area is 73.1 Å². The normalized spacial score (nSPS) is 20.8. The first kappa shape index (κ1) is 10.3. The van der Waals surface area contributed by atoms with Crippen LogP contribution in [0.1, 0.15) is 12.8 Å². The molecule has 0 aromatic heterocycles. The fourth-order valence-corrected chi connectivity index (χ4v) is 1.27. The van der Waals surface area contributed by atoms with E-state index in [1.165, 1.54) is 0 Å². The lowest BCUT2D eigenvalue weighted by Gasteiger charge is -2.38. The molecular weight excluding hydrogens is 187 g/mol. The number of nitrogens with zero attached hydrogens (tertiary/aromatic N) is 1. The van der Waals surface area contributed by atoms with E-state index in [2.05, 4.69) is 0 Å². The van der Waals surface area contributed by atoms with Gasteiger partial charge in [-0.3, -0.25) is 9.69 Å². The highest BCUT2D eigenvalue weighted by Gasteiger charge is 2.46. The van der Waals surface area contributed by atoms with Gasteiger partial charge < -0.3 is 5.11 Å². The van der Waals surface area contributed by atoms with E-state index in [1.807, 2.05) is 0 Å². The Kier molecular flexibility index (Phi) is 2.80. The molecular formula is C7H10F3NO2. The van der Waals surface area contributed by atoms with Gasteiger partial charge in [0.25, 0.3) is 0 Å². The van der Waals surface area contributed by atoms with Gasteiger partial charge in [0.2, 0.25) is 0 Å². The Hall–Kier alpha value is -0.780. The maximum Gasteiger partial charge on any atom is 0.404 e. The first-order valence-electron chi connectivity index (χ1n) is 3.94. The summed E-state index contributed by atoms with van der Waals surface area (Å²) in [6, 6.07) is -1.81. The van der Waals surface area contributed by atoms with Crippen LogP contribution in [0.3, 0.4) is 0 Å². The third-order valence-corrected chi connectivity index (χ3v) is 2.08. The highest BCUT2D eigenvalue weighted by atomic mass is 19.4. The topological polar surface area (TPSA) is 40.5 Å². The molecule has 0 aromatic rings. The van der Waals surface area contributed by atoms with Crippen LogP contribution in [-0.4, -0.2) is 41.3 Å². The summed E-state index contributed by atoms with van der Waals surface area (Å²) in [5.74, 6) is -1.41. The van der Waals surface area contributed by atoms with Crippen LogP contribution < -0.4 is 0 Å². The number of carboxylic acid groups (broad SMARTS) is 1. The van der Waals surface area contributed by atoms with Crippen molar-refractivity contribution >= 4 is 5.97 Å². The van der Waals surface area contributed by atoms with Crippen molar-refractivity contribution in [2.24, 2.45) is 0 Å². The van der Waals surface area contributed by atoms with Gasteiger partial charge in [-0.05, 0) is 19.5 Å². The van der Waals surface area contributed by atoms with Crippen LogP contribution in [0.2, 0.25) is 0 Å². The Bertz CT molecular complexity index is 200. The summed E-state index contributed by atoms with van der Waals surface area (Å²) >= 11 is 0. The van der Waals surface area contributed by atoms with Crippen molar-refractivity contribution in [1.82, 2.24) is 4.90 Å². The van der Waals surface area contributed by atoms with E-state index in [-0.39, 0.29) is 0 Å². The summed E-state index contributed by atoms with van der Waals surface area (Å²) in [6.45, 7) is 0.689. The van der Waals surface area contributed by atoms with Crippen molar-refractivity contribution in [3.8, 4) is 0 Å². The largest absolute Gasteiger partial charge is 0.481 e. The second-order valence-electron chi connectivity index (χ2n) is 3.04. The molecule has 13 heavy (non-hydrogen) atoms. The number of hydrogen-bond donors (Lipinski definition) is 1. The average molecular weight is 197 g/mol. The number of likely N-dealkylation sites (tertiary alicyclic amines) is 1. The van der Waals surface area contributed by atoms with E-state index in [9.17, 15) is 18.0 Å². The summed E-state index contributed by atoms with van der Waals surface area (Å²) in [7, 11) is 0. The van der Waals surface area contributed by atoms with Crippen LogP contribution in [0, 0.1) is 0 Å². The molecule has 1 rings (SSSR count). The van der Waals surface area contributed by atoms with Gasteiger partial charge >= 0.3 is 12.1 Å². The molecule has 1 unspecified atom stereocenters. The Morgan fingerprint density at radius 1 is 1.46 bits per heavy atom. The Morgan fingerprint density at radius 2 is 2.00 bits per heavy atom. The summed E-state index contributed by atoms with van der Waals surface area (Å²) in [4.78, 5) is 11.3. The summed E-state index contributed by atoms with van der Waals surface area (Å²) in [5.41, 5.74) is 0. The predicted molar refractivity (Wildman–Crippen MR) is 38.3 cm³/mol. The molecule has 1 heterocycles. The smallest absolute Gasteiger partial charge is 0.404 e. The molecule has 1 aliphatic heterocycles. The van der Waals surface area contributed by atoms with Crippen LogP contribution in [0.4, 0.5) is 13.2 Å². The van der Waals surface area contributed by atoms with E-state index in [4.69, 9.17) is 5.11 Å². The zero-order valence-corrected chi connectivity index (χ0v) is 6.84. The van der Waals surface area contributed by atoms with Gasteiger partial charge in [-0.15, -0.1) is 0 Å². The molecule has 0 amide bonds. The SMILES string of the molecule is O=C(O)CC(N1CCC1)C(F)(F)F. The molecule has 1 atom stereocenters. The molecule has 0 spiro atoms. The molecule has 6 heteroatoms. The molecule has 1 saturated heterocycles. The lowest BCUT2D eigenvalue weighted by atomic mass is 10.1. The summed E-state index contributed by atoms with van der Waals surface area (Å²) in [5, 5.41) is 8.29. The lowest BCUT2D eigenvalue weighted by Crippen LogP contribution is -2.53. The Morgan fingerprint density at radius 3 is 2.23 bits per heavy atom. The highest BCUT2D eigenvalue weighted by molar-refractivity contribution is 5.67. The van der Waals surface area contributed by atoms with Crippen LogP contribution in [0.25, 0.3) is 0 Å². The van der Waals surface area contributed by atoms with E-state index < -0.39 is 24.6 Å². The molecule has 0 saturated carbocycles. The van der Waals surface area contributed by atoms with Crippen molar-refractivity contribution < 1.29 is 23.1 Å². The fourth-order valence-electron chi connectivity index (χ4n) is 1.27. The van der Waals surface area contributed by atoms with Crippen molar-refractivity contribution in [3.05, 3.63) is 0 Å². The maximum absolute atomic E-state index is 12.2. The highest BCUT2D eigenvalue weighted by Crippen LogP contribution is 2.30. The fraction of sp³-hybridized carbons (Fsp3) is 0.857. The number of aliphatic carboxylic acids is 1. The van der Waals surface area contributed by atoms with Crippen LogP contribution >= 0.6 is 0 Å². The standard InChI is InChI=1S/C7H10F3NO2/c8-7(9,10)5(4-6(12)13)11-2-1-3-11/h5H,1-4H2,(H,12,13). The zero-order valence-electron chi connectivity index (χ0n) is 6.84. The van der Waals surface area contributed by atoms with Crippen LogP contribution in [0.15, 0.2) is 0 Å². The second kappa shape index (κ2) is 3.53. The second-order valence-corrected chi connectivity index (χ2v) is 3.04. The van der Waals surface area contributed by atoms with E-state index in [0.29, 0.717) is 19.5 Å². The molecule has 0 radical (unpaired) electrons. The quantitative estimate of drug-likeness (QED) is 0.736. The number of halogens is 3. The number of rotatable bonds is 3. The minimum Gasteiger partial charge on any atom is -0.481 e. The molecule has 0 aliphatic carbocycles. The molecule has 1 fully saturated rings. The van der Waals surface area contributed by atoms with Gasteiger partial charge in [-0.1, -0.05) is 0 Å². The molecule has 3 nitrogen and oxygen atoms in total.